The van der Waals surface area contributed by atoms with Crippen LogP contribution in [0, 0.1) is 5.92 Å². The van der Waals surface area contributed by atoms with Crippen LogP contribution >= 0.6 is 24.8 Å². The topological polar surface area (TPSA) is 42.3 Å². The van der Waals surface area contributed by atoms with E-state index >= 15 is 0 Å². The number of hydrogen-bond donors (Lipinski definition) is 1. The third-order valence-corrected chi connectivity index (χ3v) is 3.36. The molecule has 2 rings (SSSR count). The van der Waals surface area contributed by atoms with Gasteiger partial charge in [-0.3, -0.25) is 9.58 Å². The predicted octanol–water partition coefficient (Wildman–Crippen LogP) is 1.80. The van der Waals surface area contributed by atoms with Crippen molar-refractivity contribution in [1.82, 2.24) is 20.0 Å². The molecule has 1 fully saturated rings. The van der Waals surface area contributed by atoms with E-state index in [0.717, 1.165) is 52.5 Å². The van der Waals surface area contributed by atoms with E-state index in [2.05, 4.69) is 39.9 Å². The molecule has 1 aromatic rings. The molecule has 21 heavy (non-hydrogen) atoms. The molecule has 1 aromatic heterocycles. The second-order valence-electron chi connectivity index (χ2n) is 5.53. The van der Waals surface area contributed by atoms with Crippen LogP contribution in [-0.4, -0.2) is 54.1 Å². The molecule has 5 nitrogen and oxygen atoms in total. The van der Waals surface area contributed by atoms with Gasteiger partial charge in [0, 0.05) is 45.5 Å². The standard InChI is InChI=1S/C14H26N4O.2ClH/c1-13(2)12-18-14(3-4-16-18)11-15-5-6-17-7-9-19-10-8-17;;/h3-4,13,15H,5-12H2,1-2H3;2*1H. The average molecular weight is 339 g/mol. The molecular weight excluding hydrogens is 311 g/mol. The fourth-order valence-electron chi connectivity index (χ4n) is 2.30. The van der Waals surface area contributed by atoms with Crippen molar-refractivity contribution >= 4 is 24.8 Å². The van der Waals surface area contributed by atoms with E-state index in [0.29, 0.717) is 5.92 Å². The van der Waals surface area contributed by atoms with Crippen LogP contribution < -0.4 is 5.32 Å². The average Bonchev–Trinajstić information content (AvgIpc) is 2.82. The van der Waals surface area contributed by atoms with E-state index in [4.69, 9.17) is 4.74 Å². The number of nitrogens with zero attached hydrogens (tertiary/aromatic N) is 3. The maximum atomic E-state index is 5.34. The van der Waals surface area contributed by atoms with Gasteiger partial charge in [-0.1, -0.05) is 13.8 Å². The Hall–Kier alpha value is -0.330. The lowest BCUT2D eigenvalue weighted by Crippen LogP contribution is -2.40. The Morgan fingerprint density at radius 1 is 1.29 bits per heavy atom. The molecule has 0 radical (unpaired) electrons. The van der Waals surface area contributed by atoms with Gasteiger partial charge in [-0.25, -0.2) is 0 Å². The van der Waals surface area contributed by atoms with Gasteiger partial charge >= 0.3 is 0 Å². The van der Waals surface area contributed by atoms with E-state index in [1.54, 1.807) is 0 Å². The van der Waals surface area contributed by atoms with Gasteiger partial charge in [0.1, 0.15) is 0 Å². The molecule has 1 aliphatic rings. The summed E-state index contributed by atoms with van der Waals surface area (Å²) in [4.78, 5) is 2.45. The molecule has 0 atom stereocenters. The van der Waals surface area contributed by atoms with Crippen molar-refractivity contribution in [1.29, 1.82) is 0 Å². The molecule has 1 aliphatic heterocycles. The summed E-state index contributed by atoms with van der Waals surface area (Å²) in [5.74, 6) is 0.631. The molecule has 7 heteroatoms. The highest BCUT2D eigenvalue weighted by Crippen LogP contribution is 2.03. The van der Waals surface area contributed by atoms with E-state index in [9.17, 15) is 0 Å². The van der Waals surface area contributed by atoms with Crippen molar-refractivity contribution in [2.75, 3.05) is 39.4 Å². The molecule has 2 heterocycles. The summed E-state index contributed by atoms with van der Waals surface area (Å²) in [6.07, 6.45) is 1.89. The molecule has 0 aromatic carbocycles. The third kappa shape index (κ3) is 7.47. The molecule has 1 N–H and O–H groups in total. The fraction of sp³-hybridized carbons (Fsp3) is 0.786. The summed E-state index contributed by atoms with van der Waals surface area (Å²) in [6.45, 7) is 12.3. The molecule has 0 bridgehead atoms. The largest absolute Gasteiger partial charge is 0.379 e. The van der Waals surface area contributed by atoms with Crippen molar-refractivity contribution in [2.45, 2.75) is 26.9 Å². The second-order valence-corrected chi connectivity index (χ2v) is 5.53. The van der Waals surface area contributed by atoms with Gasteiger partial charge in [0.2, 0.25) is 0 Å². The van der Waals surface area contributed by atoms with E-state index in [1.165, 1.54) is 5.69 Å². The van der Waals surface area contributed by atoms with Gasteiger partial charge < -0.3 is 10.1 Å². The number of hydrogen-bond acceptors (Lipinski definition) is 4. The van der Waals surface area contributed by atoms with E-state index in [1.807, 2.05) is 6.20 Å². The Balaban J connectivity index is 0.00000200. The van der Waals surface area contributed by atoms with Crippen LogP contribution in [0.2, 0.25) is 0 Å². The van der Waals surface area contributed by atoms with Crippen LogP contribution in [0.3, 0.4) is 0 Å². The summed E-state index contributed by atoms with van der Waals surface area (Å²) >= 11 is 0. The van der Waals surface area contributed by atoms with E-state index in [-0.39, 0.29) is 24.8 Å². The first-order valence-corrected chi connectivity index (χ1v) is 7.27. The third-order valence-electron chi connectivity index (χ3n) is 3.36. The summed E-state index contributed by atoms with van der Waals surface area (Å²) in [7, 11) is 0. The van der Waals surface area contributed by atoms with Crippen LogP contribution in [0.5, 0.6) is 0 Å². The monoisotopic (exact) mass is 338 g/mol. The summed E-state index contributed by atoms with van der Waals surface area (Å²) in [5.41, 5.74) is 1.27. The van der Waals surface area contributed by atoms with Gasteiger partial charge in [0.05, 0.1) is 18.9 Å². The molecule has 0 unspecified atom stereocenters. The normalized spacial score (nSPS) is 15.6. The maximum Gasteiger partial charge on any atom is 0.0594 e. The van der Waals surface area contributed by atoms with Crippen molar-refractivity contribution < 1.29 is 4.74 Å². The molecule has 0 spiro atoms. The number of nitrogens with one attached hydrogen (secondary N) is 1. The van der Waals surface area contributed by atoms with Crippen LogP contribution in [0.4, 0.5) is 0 Å². The zero-order chi connectivity index (χ0) is 13.5. The van der Waals surface area contributed by atoms with Gasteiger partial charge in [0.25, 0.3) is 0 Å². The summed E-state index contributed by atoms with van der Waals surface area (Å²) in [6, 6.07) is 2.10. The number of halogens is 2. The Kier molecular flexibility index (Phi) is 11.1. The Labute approximate surface area is 140 Å². The zero-order valence-corrected chi connectivity index (χ0v) is 14.6. The number of morpholine rings is 1. The first-order chi connectivity index (χ1) is 9.25. The van der Waals surface area contributed by atoms with Gasteiger partial charge in [-0.05, 0) is 12.0 Å². The fourth-order valence-corrected chi connectivity index (χ4v) is 2.30. The van der Waals surface area contributed by atoms with Crippen LogP contribution in [0.15, 0.2) is 12.3 Å². The minimum atomic E-state index is 0. The second kappa shape index (κ2) is 11.3. The lowest BCUT2D eigenvalue weighted by molar-refractivity contribution is 0.0384. The first-order valence-electron chi connectivity index (χ1n) is 7.27. The Morgan fingerprint density at radius 2 is 2.00 bits per heavy atom. The Bertz CT molecular complexity index is 368. The quantitative estimate of drug-likeness (QED) is 0.770. The predicted molar refractivity (Wildman–Crippen MR) is 90.5 cm³/mol. The maximum absolute atomic E-state index is 5.34. The van der Waals surface area contributed by atoms with Crippen molar-refractivity contribution in [3.8, 4) is 0 Å². The number of rotatable bonds is 7. The highest BCUT2D eigenvalue weighted by Gasteiger charge is 2.09. The van der Waals surface area contributed by atoms with Crippen molar-refractivity contribution in [2.24, 2.45) is 5.92 Å². The van der Waals surface area contributed by atoms with Gasteiger partial charge in [-0.15, -0.1) is 24.8 Å². The van der Waals surface area contributed by atoms with Crippen LogP contribution in [0.25, 0.3) is 0 Å². The molecule has 0 aliphatic carbocycles. The zero-order valence-electron chi connectivity index (χ0n) is 13.0. The Morgan fingerprint density at radius 3 is 2.67 bits per heavy atom. The lowest BCUT2D eigenvalue weighted by atomic mass is 10.2. The van der Waals surface area contributed by atoms with Crippen molar-refractivity contribution in [3.63, 3.8) is 0 Å². The minimum absolute atomic E-state index is 0. The number of aromatic nitrogens is 2. The molecule has 0 amide bonds. The highest BCUT2D eigenvalue weighted by molar-refractivity contribution is 5.85. The highest BCUT2D eigenvalue weighted by atomic mass is 35.5. The van der Waals surface area contributed by atoms with Gasteiger partial charge in [0.15, 0.2) is 0 Å². The number of ether oxygens (including phenoxy) is 1. The lowest BCUT2D eigenvalue weighted by Gasteiger charge is -2.26. The van der Waals surface area contributed by atoms with Crippen molar-refractivity contribution in [3.05, 3.63) is 18.0 Å². The molecule has 1 saturated heterocycles. The first kappa shape index (κ1) is 20.7. The molecular formula is C14H28Cl2N4O. The van der Waals surface area contributed by atoms with Crippen LogP contribution in [0.1, 0.15) is 19.5 Å². The van der Waals surface area contributed by atoms with Gasteiger partial charge in [-0.2, -0.15) is 5.10 Å². The van der Waals surface area contributed by atoms with E-state index < -0.39 is 0 Å². The smallest absolute Gasteiger partial charge is 0.0594 e. The molecule has 124 valence electrons. The minimum Gasteiger partial charge on any atom is -0.379 e. The summed E-state index contributed by atoms with van der Waals surface area (Å²) < 4.78 is 7.45. The summed E-state index contributed by atoms with van der Waals surface area (Å²) in [5, 5.41) is 7.88. The van der Waals surface area contributed by atoms with Crippen LogP contribution in [-0.2, 0) is 17.8 Å². The SMILES string of the molecule is CC(C)Cn1nccc1CNCCN1CCOCC1.Cl.Cl. The molecule has 0 saturated carbocycles.